The first-order chi connectivity index (χ1) is 16.0. The Kier molecular flexibility index (Phi) is 8.94. The number of hydrogen-bond donors (Lipinski definition) is 2. The molecule has 0 bridgehead atoms. The lowest BCUT2D eigenvalue weighted by Gasteiger charge is -2.31. The molecular formula is C23H28N4O5S. The summed E-state index contributed by atoms with van der Waals surface area (Å²) in [6, 6.07) is 5.61. The van der Waals surface area contributed by atoms with Crippen LogP contribution < -0.4 is 10.6 Å². The summed E-state index contributed by atoms with van der Waals surface area (Å²) >= 11 is 1.25. The molecule has 0 aliphatic heterocycles. The fraction of sp³-hybridized carbons (Fsp3) is 0.435. The van der Waals surface area contributed by atoms with Crippen LogP contribution >= 0.6 is 11.3 Å². The highest BCUT2D eigenvalue weighted by Crippen LogP contribution is 2.24. The third kappa shape index (κ3) is 6.85. The maximum atomic E-state index is 13.3. The van der Waals surface area contributed by atoms with Crippen LogP contribution in [0.5, 0.6) is 0 Å². The van der Waals surface area contributed by atoms with E-state index in [1.807, 2.05) is 0 Å². The highest BCUT2D eigenvalue weighted by Gasteiger charge is 2.34. The van der Waals surface area contributed by atoms with Gasteiger partial charge in [0.05, 0.1) is 18.0 Å². The average molecular weight is 473 g/mol. The number of esters is 1. The first-order valence-electron chi connectivity index (χ1n) is 11.0. The molecule has 33 heavy (non-hydrogen) atoms. The Morgan fingerprint density at radius 1 is 1.18 bits per heavy atom. The molecule has 1 atom stereocenters. The molecule has 9 nitrogen and oxygen atoms in total. The minimum atomic E-state index is -1.07. The van der Waals surface area contributed by atoms with Crippen molar-refractivity contribution in [3.05, 3.63) is 52.5 Å². The minimum absolute atomic E-state index is 0.0277. The van der Waals surface area contributed by atoms with Gasteiger partial charge in [-0.2, -0.15) is 0 Å². The molecule has 2 aromatic heterocycles. The van der Waals surface area contributed by atoms with Gasteiger partial charge >= 0.3 is 5.97 Å². The molecule has 0 aromatic carbocycles. The van der Waals surface area contributed by atoms with E-state index in [4.69, 9.17) is 4.74 Å². The van der Waals surface area contributed by atoms with Crippen LogP contribution in [-0.2, 0) is 19.1 Å². The molecule has 176 valence electrons. The van der Waals surface area contributed by atoms with Gasteiger partial charge in [-0.1, -0.05) is 18.9 Å². The van der Waals surface area contributed by atoms with Gasteiger partial charge in [0, 0.05) is 18.4 Å². The van der Waals surface area contributed by atoms with Crippen molar-refractivity contribution in [3.63, 3.8) is 0 Å². The maximum Gasteiger partial charge on any atom is 0.325 e. The monoisotopic (exact) mass is 472 g/mol. The average Bonchev–Trinajstić information content (AvgIpc) is 3.52. The van der Waals surface area contributed by atoms with E-state index in [0.717, 1.165) is 30.6 Å². The van der Waals surface area contributed by atoms with Crippen molar-refractivity contribution in [2.75, 3.05) is 19.7 Å². The minimum Gasteiger partial charge on any atom is -0.465 e. The lowest BCUT2D eigenvalue weighted by atomic mass is 10.0. The summed E-state index contributed by atoms with van der Waals surface area (Å²) in [5.74, 6) is -1.99. The van der Waals surface area contributed by atoms with Crippen molar-refractivity contribution in [2.45, 2.75) is 44.7 Å². The summed E-state index contributed by atoms with van der Waals surface area (Å²) in [5.41, 5.74) is 0.516. The molecule has 2 aromatic rings. The molecule has 0 spiro atoms. The van der Waals surface area contributed by atoms with Crippen molar-refractivity contribution < 1.29 is 23.9 Å². The van der Waals surface area contributed by atoms with Gasteiger partial charge in [0.25, 0.3) is 5.91 Å². The smallest absolute Gasteiger partial charge is 0.325 e. The molecular weight excluding hydrogens is 444 g/mol. The van der Waals surface area contributed by atoms with Crippen LogP contribution in [0.3, 0.4) is 0 Å². The molecule has 1 aliphatic carbocycles. The Balaban J connectivity index is 1.83. The quantitative estimate of drug-likeness (QED) is 0.511. The van der Waals surface area contributed by atoms with Crippen molar-refractivity contribution in [3.8, 4) is 0 Å². The lowest BCUT2D eigenvalue weighted by molar-refractivity contribution is -0.152. The summed E-state index contributed by atoms with van der Waals surface area (Å²) in [7, 11) is 0. The van der Waals surface area contributed by atoms with Crippen LogP contribution in [-0.4, -0.2) is 59.3 Å². The second-order valence-electron chi connectivity index (χ2n) is 7.66. The second kappa shape index (κ2) is 12.1. The lowest BCUT2D eigenvalue weighted by Crippen LogP contribution is -2.50. The number of pyridine rings is 1. The Labute approximate surface area is 196 Å². The molecule has 10 heteroatoms. The number of carbonyl (C=O) groups is 4. The topological polar surface area (TPSA) is 118 Å². The molecule has 2 N–H and O–H groups in total. The molecule has 1 fully saturated rings. The number of amides is 3. The largest absolute Gasteiger partial charge is 0.465 e. The van der Waals surface area contributed by atoms with Crippen molar-refractivity contribution in [2.24, 2.45) is 0 Å². The molecule has 1 aliphatic rings. The fourth-order valence-electron chi connectivity index (χ4n) is 3.79. The zero-order valence-corrected chi connectivity index (χ0v) is 19.3. The van der Waals surface area contributed by atoms with Crippen molar-refractivity contribution in [1.82, 2.24) is 20.5 Å². The highest BCUT2D eigenvalue weighted by molar-refractivity contribution is 7.12. The van der Waals surface area contributed by atoms with Crippen molar-refractivity contribution in [1.29, 1.82) is 0 Å². The van der Waals surface area contributed by atoms with Crippen LogP contribution in [0.15, 0.2) is 42.0 Å². The molecule has 1 saturated carbocycles. The SMILES string of the molecule is CCOC(=O)CN(C(=O)CNC(=O)c1cccs1)[C@@H](C(=O)NC1CCCC1)c1ccncc1. The van der Waals surface area contributed by atoms with Gasteiger partial charge in [0.1, 0.15) is 12.6 Å². The molecule has 0 saturated heterocycles. The molecule has 3 rings (SSSR count). The molecule has 0 unspecified atom stereocenters. The zero-order chi connectivity index (χ0) is 23.6. The number of carbonyl (C=O) groups excluding carboxylic acids is 4. The van der Waals surface area contributed by atoms with Gasteiger partial charge in [-0.15, -0.1) is 11.3 Å². The summed E-state index contributed by atoms with van der Waals surface area (Å²) in [6.07, 6.45) is 6.86. The van der Waals surface area contributed by atoms with Crippen LogP contribution in [0, 0.1) is 0 Å². The summed E-state index contributed by atoms with van der Waals surface area (Å²) < 4.78 is 5.04. The molecule has 0 radical (unpaired) electrons. The standard InChI is InChI=1S/C23H28N4O5S/c1-2-32-20(29)15-27(19(28)14-25-22(30)18-8-5-13-33-18)21(16-9-11-24-12-10-16)23(31)26-17-6-3-4-7-17/h5,8-13,17,21H,2-4,6-7,14-15H2,1H3,(H,25,30)(H,26,31)/t21-/m1/s1. The fourth-order valence-corrected chi connectivity index (χ4v) is 4.43. The number of aromatic nitrogens is 1. The van der Waals surface area contributed by atoms with E-state index in [-0.39, 0.29) is 25.1 Å². The van der Waals surface area contributed by atoms with Crippen molar-refractivity contribution >= 4 is 35.0 Å². The van der Waals surface area contributed by atoms with Crippen LogP contribution in [0.2, 0.25) is 0 Å². The van der Waals surface area contributed by atoms with Crippen LogP contribution in [0.1, 0.15) is 53.9 Å². The third-order valence-corrected chi connectivity index (χ3v) is 6.22. The summed E-state index contributed by atoms with van der Waals surface area (Å²) in [5, 5.41) is 7.35. The molecule has 3 amide bonds. The predicted molar refractivity (Wildman–Crippen MR) is 122 cm³/mol. The van der Waals surface area contributed by atoms with E-state index < -0.39 is 30.4 Å². The second-order valence-corrected chi connectivity index (χ2v) is 8.61. The van der Waals surface area contributed by atoms with E-state index in [2.05, 4.69) is 15.6 Å². The number of nitrogens with one attached hydrogen (secondary N) is 2. The number of ether oxygens (including phenoxy) is 1. The Bertz CT molecular complexity index is 945. The Morgan fingerprint density at radius 3 is 2.55 bits per heavy atom. The highest BCUT2D eigenvalue weighted by atomic mass is 32.1. The van der Waals surface area contributed by atoms with E-state index in [0.29, 0.717) is 10.4 Å². The summed E-state index contributed by atoms with van der Waals surface area (Å²) in [6.45, 7) is 1.02. The van der Waals surface area contributed by atoms with Gasteiger partial charge < -0.3 is 20.3 Å². The van der Waals surface area contributed by atoms with Gasteiger partial charge in [-0.25, -0.2) is 0 Å². The number of hydrogen-bond acceptors (Lipinski definition) is 7. The van der Waals surface area contributed by atoms with Crippen LogP contribution in [0.4, 0.5) is 0 Å². The summed E-state index contributed by atoms with van der Waals surface area (Å²) in [4.78, 5) is 56.8. The number of thiophene rings is 1. The van der Waals surface area contributed by atoms with Gasteiger partial charge in [-0.3, -0.25) is 24.2 Å². The van der Waals surface area contributed by atoms with Crippen LogP contribution in [0.25, 0.3) is 0 Å². The number of rotatable bonds is 10. The Morgan fingerprint density at radius 2 is 1.91 bits per heavy atom. The van der Waals surface area contributed by atoms with E-state index in [9.17, 15) is 19.2 Å². The molecule has 2 heterocycles. The Hall–Kier alpha value is -3.27. The third-order valence-electron chi connectivity index (χ3n) is 5.35. The van der Waals surface area contributed by atoms with E-state index in [1.54, 1.807) is 36.6 Å². The first kappa shape index (κ1) is 24.4. The predicted octanol–water partition coefficient (Wildman–Crippen LogP) is 2.06. The first-order valence-corrected chi connectivity index (χ1v) is 11.8. The van der Waals surface area contributed by atoms with E-state index >= 15 is 0 Å². The van der Waals surface area contributed by atoms with Gasteiger partial charge in [0.15, 0.2) is 0 Å². The van der Waals surface area contributed by atoms with Gasteiger partial charge in [0.2, 0.25) is 11.8 Å². The van der Waals surface area contributed by atoms with E-state index in [1.165, 1.54) is 23.7 Å². The van der Waals surface area contributed by atoms with Gasteiger partial charge in [-0.05, 0) is 48.9 Å². The number of nitrogens with zero attached hydrogens (tertiary/aromatic N) is 2. The zero-order valence-electron chi connectivity index (χ0n) is 18.5. The normalized spacial score (nSPS) is 14.3. The maximum absolute atomic E-state index is 13.3.